The molecule has 2 aromatic carbocycles. The molecule has 0 bridgehead atoms. The summed E-state index contributed by atoms with van der Waals surface area (Å²) in [6.07, 6.45) is 1.03. The maximum atomic E-state index is 13.3. The largest absolute Gasteiger partial charge is 0.457 e. The van der Waals surface area contributed by atoms with Crippen LogP contribution < -0.4 is 21.1 Å². The Hall–Kier alpha value is -4.25. The Morgan fingerprint density at radius 2 is 1.62 bits per heavy atom. The SMILES string of the molecule is CCC(C)N(C(=O)CNC(=O)c1ccc(Oc2ccc(F)cc2)cc1)C(CC)C(=O)NCc1cc(C(=N)N)cs1. The Morgan fingerprint density at radius 3 is 2.17 bits per heavy atom. The van der Waals surface area contributed by atoms with Crippen LogP contribution >= 0.6 is 11.3 Å². The zero-order chi connectivity index (χ0) is 29.2. The van der Waals surface area contributed by atoms with Crippen LogP contribution in [0.1, 0.15) is 54.4 Å². The average molecular weight is 568 g/mol. The van der Waals surface area contributed by atoms with Crippen LogP contribution in [-0.2, 0) is 16.1 Å². The van der Waals surface area contributed by atoms with E-state index in [0.717, 1.165) is 4.88 Å². The molecule has 2 unspecified atom stereocenters. The Balaban J connectivity index is 1.59. The molecule has 0 radical (unpaired) electrons. The van der Waals surface area contributed by atoms with Crippen molar-refractivity contribution in [2.45, 2.75) is 52.2 Å². The molecule has 212 valence electrons. The van der Waals surface area contributed by atoms with E-state index in [1.54, 1.807) is 35.7 Å². The smallest absolute Gasteiger partial charge is 0.251 e. The first-order chi connectivity index (χ1) is 19.1. The molecule has 1 heterocycles. The van der Waals surface area contributed by atoms with Gasteiger partial charge in [-0.05, 0) is 74.4 Å². The van der Waals surface area contributed by atoms with Gasteiger partial charge in [-0.1, -0.05) is 13.8 Å². The fourth-order valence-corrected chi connectivity index (χ4v) is 4.82. The minimum Gasteiger partial charge on any atom is -0.457 e. The molecule has 5 N–H and O–H groups in total. The molecular weight excluding hydrogens is 533 g/mol. The summed E-state index contributed by atoms with van der Waals surface area (Å²) in [6.45, 7) is 5.62. The summed E-state index contributed by atoms with van der Waals surface area (Å²) >= 11 is 1.39. The van der Waals surface area contributed by atoms with E-state index in [-0.39, 0.29) is 42.6 Å². The van der Waals surface area contributed by atoms with Gasteiger partial charge >= 0.3 is 0 Å². The third-order valence-corrected chi connectivity index (χ3v) is 7.28. The third kappa shape index (κ3) is 8.12. The number of thiophene rings is 1. The summed E-state index contributed by atoms with van der Waals surface area (Å²) in [5.41, 5.74) is 6.45. The highest BCUT2D eigenvalue weighted by Gasteiger charge is 2.31. The number of hydrogen-bond donors (Lipinski definition) is 4. The second-order valence-electron chi connectivity index (χ2n) is 9.18. The van der Waals surface area contributed by atoms with Crippen molar-refractivity contribution < 1.29 is 23.5 Å². The number of benzene rings is 2. The third-order valence-electron chi connectivity index (χ3n) is 6.35. The highest BCUT2D eigenvalue weighted by molar-refractivity contribution is 7.10. The Morgan fingerprint density at radius 1 is 1.00 bits per heavy atom. The summed E-state index contributed by atoms with van der Waals surface area (Å²) in [5.74, 6) is -0.575. The summed E-state index contributed by atoms with van der Waals surface area (Å²) in [5, 5.41) is 14.8. The molecular formula is C29H34FN5O4S. The molecule has 2 atom stereocenters. The van der Waals surface area contributed by atoms with Crippen molar-refractivity contribution in [1.29, 1.82) is 5.41 Å². The molecule has 0 aliphatic heterocycles. The average Bonchev–Trinajstić information content (AvgIpc) is 3.44. The normalized spacial score (nSPS) is 12.2. The second-order valence-corrected chi connectivity index (χ2v) is 10.2. The van der Waals surface area contributed by atoms with Gasteiger partial charge in [0, 0.05) is 27.4 Å². The molecule has 3 aromatic rings. The van der Waals surface area contributed by atoms with Crippen LogP contribution in [0.4, 0.5) is 4.39 Å². The van der Waals surface area contributed by atoms with E-state index in [0.29, 0.717) is 35.5 Å². The van der Waals surface area contributed by atoms with Gasteiger partial charge in [-0.2, -0.15) is 0 Å². The van der Waals surface area contributed by atoms with Gasteiger partial charge in [0.25, 0.3) is 5.91 Å². The summed E-state index contributed by atoms with van der Waals surface area (Å²) in [4.78, 5) is 41.5. The van der Waals surface area contributed by atoms with Gasteiger partial charge in [0.05, 0.1) is 13.1 Å². The summed E-state index contributed by atoms with van der Waals surface area (Å²) in [7, 11) is 0. The first-order valence-corrected chi connectivity index (χ1v) is 13.8. The number of hydrogen-bond acceptors (Lipinski definition) is 6. The van der Waals surface area contributed by atoms with E-state index in [9.17, 15) is 18.8 Å². The number of nitrogens with zero attached hydrogens (tertiary/aromatic N) is 1. The summed E-state index contributed by atoms with van der Waals surface area (Å²) in [6, 6.07) is 12.7. The first kappa shape index (κ1) is 30.3. The number of amidine groups is 1. The fourth-order valence-electron chi connectivity index (χ4n) is 4.00. The van der Waals surface area contributed by atoms with Gasteiger partial charge in [-0.3, -0.25) is 19.8 Å². The van der Waals surface area contributed by atoms with Gasteiger partial charge in [0.15, 0.2) is 0 Å². The predicted octanol–water partition coefficient (Wildman–Crippen LogP) is 4.42. The topological polar surface area (TPSA) is 138 Å². The highest BCUT2D eigenvalue weighted by Crippen LogP contribution is 2.22. The first-order valence-electron chi connectivity index (χ1n) is 12.9. The molecule has 11 heteroatoms. The molecule has 0 fully saturated rings. The van der Waals surface area contributed by atoms with Crippen LogP contribution in [0.5, 0.6) is 11.5 Å². The van der Waals surface area contributed by atoms with Crippen LogP contribution in [0.25, 0.3) is 0 Å². The maximum Gasteiger partial charge on any atom is 0.251 e. The lowest BCUT2D eigenvalue weighted by molar-refractivity contribution is -0.142. The van der Waals surface area contributed by atoms with Crippen molar-refractivity contribution in [3.05, 3.63) is 81.8 Å². The van der Waals surface area contributed by atoms with Crippen LogP contribution in [0, 0.1) is 11.2 Å². The van der Waals surface area contributed by atoms with E-state index in [1.807, 2.05) is 20.8 Å². The van der Waals surface area contributed by atoms with E-state index >= 15 is 0 Å². The number of halogens is 1. The molecule has 0 aliphatic carbocycles. The Labute approximate surface area is 237 Å². The molecule has 3 amide bonds. The van der Waals surface area contributed by atoms with Crippen molar-refractivity contribution in [3.63, 3.8) is 0 Å². The second kappa shape index (κ2) is 14.2. The van der Waals surface area contributed by atoms with Gasteiger partial charge in [-0.25, -0.2) is 4.39 Å². The molecule has 0 saturated carbocycles. The van der Waals surface area contributed by atoms with Crippen molar-refractivity contribution in [2.75, 3.05) is 6.54 Å². The molecule has 9 nitrogen and oxygen atoms in total. The number of ether oxygens (including phenoxy) is 1. The van der Waals surface area contributed by atoms with Crippen molar-refractivity contribution in [3.8, 4) is 11.5 Å². The van der Waals surface area contributed by atoms with Crippen LogP contribution in [0.15, 0.2) is 60.0 Å². The number of nitrogens with one attached hydrogen (secondary N) is 3. The van der Waals surface area contributed by atoms with Crippen LogP contribution in [-0.4, -0.2) is 47.1 Å². The number of rotatable bonds is 13. The van der Waals surface area contributed by atoms with Crippen molar-refractivity contribution in [1.82, 2.24) is 15.5 Å². The minimum absolute atomic E-state index is 0.0369. The Bertz CT molecular complexity index is 1330. The monoisotopic (exact) mass is 567 g/mol. The molecule has 0 aliphatic rings. The molecule has 0 spiro atoms. The zero-order valence-corrected chi connectivity index (χ0v) is 23.5. The number of carbonyl (C=O) groups is 3. The van der Waals surface area contributed by atoms with Crippen molar-refractivity contribution in [2.24, 2.45) is 5.73 Å². The molecule has 40 heavy (non-hydrogen) atoms. The highest BCUT2D eigenvalue weighted by atomic mass is 32.1. The standard InChI is InChI=1S/C29H34FN5O4S/c1-4-18(3)35(25(5-2)29(38)33-15-24-14-20(17-40-24)27(31)32)26(36)16-34-28(37)19-6-10-22(11-7-19)39-23-12-8-21(30)9-13-23/h6-14,17-18,25H,4-5,15-16H2,1-3H3,(H3,31,32)(H,33,38)(H,34,37). The molecule has 0 saturated heterocycles. The number of amides is 3. The molecule has 3 rings (SSSR count). The van der Waals surface area contributed by atoms with E-state index < -0.39 is 11.9 Å². The van der Waals surface area contributed by atoms with Gasteiger partial charge in [-0.15, -0.1) is 11.3 Å². The fraction of sp³-hybridized carbons (Fsp3) is 0.310. The number of nitrogen functional groups attached to an aromatic ring is 1. The van der Waals surface area contributed by atoms with Gasteiger partial charge in [0.1, 0.15) is 29.2 Å². The van der Waals surface area contributed by atoms with E-state index in [1.165, 1.54) is 40.5 Å². The van der Waals surface area contributed by atoms with Crippen molar-refractivity contribution >= 4 is 34.9 Å². The van der Waals surface area contributed by atoms with Gasteiger partial charge < -0.3 is 26.0 Å². The lowest BCUT2D eigenvalue weighted by Gasteiger charge is -2.35. The minimum atomic E-state index is -0.713. The van der Waals surface area contributed by atoms with E-state index in [2.05, 4.69) is 10.6 Å². The quantitative estimate of drug-likeness (QED) is 0.179. The lowest BCUT2D eigenvalue weighted by atomic mass is 10.1. The zero-order valence-electron chi connectivity index (χ0n) is 22.7. The maximum absolute atomic E-state index is 13.3. The lowest BCUT2D eigenvalue weighted by Crippen LogP contribution is -2.55. The summed E-state index contributed by atoms with van der Waals surface area (Å²) < 4.78 is 18.7. The molecule has 1 aromatic heterocycles. The predicted molar refractivity (Wildman–Crippen MR) is 153 cm³/mol. The Kier molecular flexibility index (Phi) is 10.8. The number of nitrogens with two attached hydrogens (primary N) is 1. The number of carbonyl (C=O) groups excluding carboxylic acids is 3. The van der Waals surface area contributed by atoms with E-state index in [4.69, 9.17) is 15.9 Å². The van der Waals surface area contributed by atoms with Crippen LogP contribution in [0.2, 0.25) is 0 Å². The van der Waals surface area contributed by atoms with Crippen LogP contribution in [0.3, 0.4) is 0 Å². The van der Waals surface area contributed by atoms with Gasteiger partial charge in [0.2, 0.25) is 11.8 Å².